The fourth-order valence-corrected chi connectivity index (χ4v) is 4.24. The highest BCUT2D eigenvalue weighted by molar-refractivity contribution is 6.09. The van der Waals surface area contributed by atoms with Crippen molar-refractivity contribution in [1.29, 1.82) is 0 Å². The minimum atomic E-state index is 0.0677. The van der Waals surface area contributed by atoms with Gasteiger partial charge in [-0.1, -0.05) is 63.3 Å². The summed E-state index contributed by atoms with van der Waals surface area (Å²) in [5.74, 6) is 0. The quantitative estimate of drug-likeness (QED) is 0.506. The zero-order chi connectivity index (χ0) is 16.9. The third kappa shape index (κ3) is 1.87. The zero-order valence-electron chi connectivity index (χ0n) is 14.9. The van der Waals surface area contributed by atoms with Gasteiger partial charge in [0.15, 0.2) is 0 Å². The number of rotatable bonds is 3. The average molecular weight is 316 g/mol. The van der Waals surface area contributed by atoms with Crippen LogP contribution >= 0.6 is 0 Å². The van der Waals surface area contributed by atoms with Crippen LogP contribution in [0.15, 0.2) is 58.5 Å². The highest BCUT2D eigenvalue weighted by Gasteiger charge is 2.39. The van der Waals surface area contributed by atoms with Gasteiger partial charge >= 0.3 is 0 Å². The molecule has 1 atom stereocenters. The lowest BCUT2D eigenvalue weighted by Gasteiger charge is -2.27. The first-order valence-corrected chi connectivity index (χ1v) is 8.94. The van der Waals surface area contributed by atoms with Crippen molar-refractivity contribution in [2.75, 3.05) is 0 Å². The van der Waals surface area contributed by atoms with Gasteiger partial charge in [-0.25, -0.2) is 0 Å². The van der Waals surface area contributed by atoms with Gasteiger partial charge in [-0.3, -0.25) is 0 Å². The summed E-state index contributed by atoms with van der Waals surface area (Å²) in [4.78, 5) is 0. The number of hydrogen-bond donors (Lipinski definition) is 0. The minimum Gasteiger partial charge on any atom is -0.455 e. The van der Waals surface area contributed by atoms with Crippen LogP contribution in [0.1, 0.15) is 51.7 Å². The third-order valence-electron chi connectivity index (χ3n) is 5.74. The van der Waals surface area contributed by atoms with Crippen LogP contribution in [0.4, 0.5) is 0 Å². The Kier molecular flexibility index (Phi) is 3.42. The molecule has 3 aromatic rings. The van der Waals surface area contributed by atoms with Crippen LogP contribution in [-0.2, 0) is 5.41 Å². The van der Waals surface area contributed by atoms with E-state index in [1.807, 2.05) is 6.07 Å². The molecule has 0 N–H and O–H groups in total. The molecule has 0 radical (unpaired) electrons. The summed E-state index contributed by atoms with van der Waals surface area (Å²) in [6, 6.07) is 12.9. The first-order valence-electron chi connectivity index (χ1n) is 8.94. The van der Waals surface area contributed by atoms with Gasteiger partial charge in [0.1, 0.15) is 11.2 Å². The summed E-state index contributed by atoms with van der Waals surface area (Å²) in [5.41, 5.74) is 7.61. The van der Waals surface area contributed by atoms with E-state index in [2.05, 4.69) is 70.2 Å². The van der Waals surface area contributed by atoms with Gasteiger partial charge in [0, 0.05) is 21.8 Å². The lowest BCUT2D eigenvalue weighted by atomic mass is 9.76. The van der Waals surface area contributed by atoms with Gasteiger partial charge in [0.2, 0.25) is 0 Å². The van der Waals surface area contributed by atoms with Crippen molar-refractivity contribution >= 4 is 27.5 Å². The van der Waals surface area contributed by atoms with Crippen LogP contribution < -0.4 is 0 Å². The number of para-hydroxylation sites is 1. The maximum Gasteiger partial charge on any atom is 0.143 e. The lowest BCUT2D eigenvalue weighted by molar-refractivity contribution is 0.558. The van der Waals surface area contributed by atoms with Gasteiger partial charge in [0.05, 0.1) is 0 Å². The van der Waals surface area contributed by atoms with E-state index >= 15 is 0 Å². The van der Waals surface area contributed by atoms with Gasteiger partial charge in [0.25, 0.3) is 0 Å². The molecule has 0 fully saturated rings. The largest absolute Gasteiger partial charge is 0.455 e. The van der Waals surface area contributed by atoms with E-state index in [0.717, 1.165) is 24.0 Å². The van der Waals surface area contributed by atoms with Crippen LogP contribution in [0, 0.1) is 0 Å². The normalized spacial score (nSPS) is 20.7. The molecule has 0 saturated carbocycles. The van der Waals surface area contributed by atoms with Gasteiger partial charge in [-0.2, -0.15) is 0 Å². The molecule has 24 heavy (non-hydrogen) atoms. The second-order valence-corrected chi connectivity index (χ2v) is 7.00. The van der Waals surface area contributed by atoms with Crippen LogP contribution in [-0.4, -0.2) is 0 Å². The van der Waals surface area contributed by atoms with E-state index in [-0.39, 0.29) is 5.41 Å². The summed E-state index contributed by atoms with van der Waals surface area (Å²) >= 11 is 0. The molecule has 2 aromatic carbocycles. The maximum absolute atomic E-state index is 6.30. The lowest BCUT2D eigenvalue weighted by Crippen LogP contribution is -2.20. The second kappa shape index (κ2) is 5.37. The van der Waals surface area contributed by atoms with Crippen molar-refractivity contribution in [2.45, 2.75) is 46.0 Å². The standard InChI is InChI=1S/C23H24O/c1-5-7-11-18-15(3)21-19(23(18,4)6-2)14-13-17-16-10-8-9-12-20(16)24-22(17)21/h7-14H,5-6H2,1-4H3/b11-7-. The first kappa shape index (κ1) is 15.3. The molecule has 1 unspecified atom stereocenters. The molecule has 122 valence electrons. The Bertz CT molecular complexity index is 999. The van der Waals surface area contributed by atoms with Crippen molar-refractivity contribution < 1.29 is 4.42 Å². The molecule has 1 heterocycles. The van der Waals surface area contributed by atoms with Gasteiger partial charge in [-0.15, -0.1) is 0 Å². The molecule has 0 spiro atoms. The van der Waals surface area contributed by atoms with Crippen molar-refractivity contribution in [3.05, 3.63) is 65.3 Å². The fraction of sp³-hybridized carbons (Fsp3) is 0.304. The predicted molar refractivity (Wildman–Crippen MR) is 103 cm³/mol. The van der Waals surface area contributed by atoms with Crippen LogP contribution in [0.3, 0.4) is 0 Å². The smallest absolute Gasteiger partial charge is 0.143 e. The SMILES string of the molecule is CC/C=C\C1=C(C)c2c(ccc3c2oc2ccccc23)C1(C)CC. The molecule has 1 aromatic heterocycles. The van der Waals surface area contributed by atoms with E-state index in [0.29, 0.717) is 0 Å². The van der Waals surface area contributed by atoms with E-state index in [1.54, 1.807) is 0 Å². The number of fused-ring (bicyclic) bond motifs is 5. The summed E-state index contributed by atoms with van der Waals surface area (Å²) in [7, 11) is 0. The molecule has 1 heteroatoms. The molecule has 1 nitrogen and oxygen atoms in total. The van der Waals surface area contributed by atoms with E-state index in [1.165, 1.54) is 33.0 Å². The van der Waals surface area contributed by atoms with Crippen LogP contribution in [0.2, 0.25) is 0 Å². The monoisotopic (exact) mass is 316 g/mol. The Morgan fingerprint density at radius 3 is 2.58 bits per heavy atom. The molecule has 1 aliphatic rings. The topological polar surface area (TPSA) is 13.1 Å². The summed E-state index contributed by atoms with van der Waals surface area (Å²) < 4.78 is 6.30. The zero-order valence-corrected chi connectivity index (χ0v) is 14.9. The highest BCUT2D eigenvalue weighted by Crippen LogP contribution is 2.51. The Balaban J connectivity index is 2.10. The van der Waals surface area contributed by atoms with Crippen molar-refractivity contribution in [2.24, 2.45) is 0 Å². The molecule has 0 saturated heterocycles. The molecular weight excluding hydrogens is 292 g/mol. The number of benzene rings is 2. The van der Waals surface area contributed by atoms with E-state index in [4.69, 9.17) is 4.42 Å². The minimum absolute atomic E-state index is 0.0677. The number of furan rings is 1. The molecule has 0 amide bonds. The Hall–Kier alpha value is -2.28. The van der Waals surface area contributed by atoms with Crippen LogP contribution in [0.5, 0.6) is 0 Å². The number of allylic oxidation sites excluding steroid dienone is 4. The third-order valence-corrected chi connectivity index (χ3v) is 5.74. The fourth-order valence-electron chi connectivity index (χ4n) is 4.24. The van der Waals surface area contributed by atoms with Gasteiger partial charge in [-0.05, 0) is 42.5 Å². The highest BCUT2D eigenvalue weighted by atomic mass is 16.3. The maximum atomic E-state index is 6.30. The summed E-state index contributed by atoms with van der Waals surface area (Å²) in [5, 5.41) is 2.43. The van der Waals surface area contributed by atoms with Crippen molar-refractivity contribution in [1.82, 2.24) is 0 Å². The molecule has 0 aliphatic heterocycles. The predicted octanol–water partition coefficient (Wildman–Crippen LogP) is 7.01. The summed E-state index contributed by atoms with van der Waals surface area (Å²) in [6.07, 6.45) is 6.75. The summed E-state index contributed by atoms with van der Waals surface area (Å²) in [6.45, 7) is 9.09. The van der Waals surface area contributed by atoms with E-state index in [9.17, 15) is 0 Å². The van der Waals surface area contributed by atoms with Crippen LogP contribution in [0.25, 0.3) is 27.5 Å². The Morgan fingerprint density at radius 1 is 1.04 bits per heavy atom. The molecule has 1 aliphatic carbocycles. The second-order valence-electron chi connectivity index (χ2n) is 7.00. The Morgan fingerprint density at radius 2 is 1.83 bits per heavy atom. The van der Waals surface area contributed by atoms with Crippen molar-refractivity contribution in [3.63, 3.8) is 0 Å². The molecular formula is C23H24O. The van der Waals surface area contributed by atoms with Crippen molar-refractivity contribution in [3.8, 4) is 0 Å². The first-order chi connectivity index (χ1) is 11.6. The molecule has 0 bridgehead atoms. The Labute approximate surface area is 143 Å². The van der Waals surface area contributed by atoms with Gasteiger partial charge < -0.3 is 4.42 Å². The average Bonchev–Trinajstić information content (AvgIpc) is 3.08. The molecule has 4 rings (SSSR count). The number of hydrogen-bond acceptors (Lipinski definition) is 1. The van der Waals surface area contributed by atoms with E-state index < -0.39 is 0 Å².